The van der Waals surface area contributed by atoms with E-state index in [-0.39, 0.29) is 17.9 Å². The molecular formula is C19H25F2N3O2. The molecule has 0 unspecified atom stereocenters. The zero-order chi connectivity index (χ0) is 18.5. The van der Waals surface area contributed by atoms with E-state index in [0.717, 1.165) is 44.4 Å². The van der Waals surface area contributed by atoms with Crippen molar-refractivity contribution in [3.8, 4) is 0 Å². The molecule has 0 aliphatic carbocycles. The van der Waals surface area contributed by atoms with E-state index in [1.807, 2.05) is 0 Å². The summed E-state index contributed by atoms with van der Waals surface area (Å²) >= 11 is 0. The maximum atomic E-state index is 13.3. The lowest BCUT2D eigenvalue weighted by Gasteiger charge is -2.34. The van der Waals surface area contributed by atoms with E-state index in [2.05, 4.69) is 5.32 Å². The molecule has 0 spiro atoms. The molecule has 1 atom stereocenters. The van der Waals surface area contributed by atoms with Crippen LogP contribution in [0.4, 0.5) is 14.5 Å². The molecule has 142 valence electrons. The molecule has 3 rings (SSSR count). The van der Waals surface area contributed by atoms with Gasteiger partial charge < -0.3 is 15.1 Å². The normalized spacial score (nSPS) is 21.0. The molecule has 0 radical (unpaired) electrons. The number of benzene rings is 1. The maximum absolute atomic E-state index is 13.3. The average Bonchev–Trinajstić information content (AvgIpc) is 2.64. The summed E-state index contributed by atoms with van der Waals surface area (Å²) in [6, 6.07) is 3.74. The maximum Gasteiger partial charge on any atom is 0.224 e. The van der Waals surface area contributed by atoms with Crippen molar-refractivity contribution in [2.24, 2.45) is 0 Å². The Morgan fingerprint density at radius 1 is 1.15 bits per heavy atom. The van der Waals surface area contributed by atoms with Crippen molar-refractivity contribution in [3.63, 3.8) is 0 Å². The van der Waals surface area contributed by atoms with E-state index in [9.17, 15) is 18.4 Å². The molecule has 0 bridgehead atoms. The fraction of sp³-hybridized carbons (Fsp3) is 0.579. The first kappa shape index (κ1) is 18.6. The topological polar surface area (TPSA) is 52.7 Å². The molecule has 1 aromatic rings. The van der Waals surface area contributed by atoms with Crippen molar-refractivity contribution >= 4 is 17.5 Å². The minimum absolute atomic E-state index is 0.00850. The van der Waals surface area contributed by atoms with Crippen LogP contribution in [0.3, 0.4) is 0 Å². The molecule has 2 aliphatic rings. The minimum atomic E-state index is -0.884. The third-order valence-corrected chi connectivity index (χ3v) is 5.08. The van der Waals surface area contributed by atoms with Crippen LogP contribution < -0.4 is 5.32 Å². The van der Waals surface area contributed by atoms with Gasteiger partial charge in [0.25, 0.3) is 0 Å². The Labute approximate surface area is 152 Å². The van der Waals surface area contributed by atoms with E-state index in [0.29, 0.717) is 38.2 Å². The lowest BCUT2D eigenvalue weighted by atomic mass is 10.0. The standard InChI is InChI=1S/C19H25F2N3O2/c20-16-7-6-14(12-17(16)21)22-15-4-3-10-24(13-15)19(26)8-11-23-9-2-1-5-18(23)25/h6-7,12,15,22H,1-5,8-11,13H2/t15-/m1/s1. The van der Waals surface area contributed by atoms with E-state index in [4.69, 9.17) is 0 Å². The number of amides is 2. The third kappa shape index (κ3) is 4.71. The van der Waals surface area contributed by atoms with Crippen molar-refractivity contribution < 1.29 is 18.4 Å². The summed E-state index contributed by atoms with van der Waals surface area (Å²) in [7, 11) is 0. The number of piperidine rings is 2. The van der Waals surface area contributed by atoms with Gasteiger partial charge in [-0.15, -0.1) is 0 Å². The first-order valence-corrected chi connectivity index (χ1v) is 9.30. The van der Waals surface area contributed by atoms with Crippen LogP contribution in [0.1, 0.15) is 38.5 Å². The van der Waals surface area contributed by atoms with Crippen LogP contribution in [-0.2, 0) is 9.59 Å². The Hall–Kier alpha value is -2.18. The molecule has 26 heavy (non-hydrogen) atoms. The van der Waals surface area contributed by atoms with Gasteiger partial charge in [-0.05, 0) is 37.8 Å². The van der Waals surface area contributed by atoms with Crippen LogP contribution in [0, 0.1) is 11.6 Å². The van der Waals surface area contributed by atoms with Crippen LogP contribution in [0.5, 0.6) is 0 Å². The van der Waals surface area contributed by atoms with E-state index in [1.54, 1.807) is 9.80 Å². The highest BCUT2D eigenvalue weighted by Gasteiger charge is 2.25. The van der Waals surface area contributed by atoms with Gasteiger partial charge in [0.2, 0.25) is 11.8 Å². The number of hydrogen-bond acceptors (Lipinski definition) is 3. The highest BCUT2D eigenvalue weighted by molar-refractivity contribution is 5.79. The zero-order valence-corrected chi connectivity index (χ0v) is 14.8. The van der Waals surface area contributed by atoms with E-state index < -0.39 is 11.6 Å². The molecule has 2 amide bonds. The second-order valence-electron chi connectivity index (χ2n) is 7.04. The molecule has 5 nitrogen and oxygen atoms in total. The summed E-state index contributed by atoms with van der Waals surface area (Å²) in [4.78, 5) is 27.9. The van der Waals surface area contributed by atoms with E-state index >= 15 is 0 Å². The third-order valence-electron chi connectivity index (χ3n) is 5.08. The Kier molecular flexibility index (Phi) is 6.06. The van der Waals surface area contributed by atoms with Gasteiger partial charge in [0.1, 0.15) is 0 Å². The van der Waals surface area contributed by atoms with Gasteiger partial charge >= 0.3 is 0 Å². The summed E-state index contributed by atoms with van der Waals surface area (Å²) in [5, 5.41) is 3.18. The molecule has 0 aromatic heterocycles. The Morgan fingerprint density at radius 2 is 2.00 bits per heavy atom. The summed E-state index contributed by atoms with van der Waals surface area (Å²) in [5.41, 5.74) is 0.516. The van der Waals surface area contributed by atoms with Crippen molar-refractivity contribution in [2.75, 3.05) is 31.5 Å². The number of nitrogens with one attached hydrogen (secondary N) is 1. The fourth-order valence-corrected chi connectivity index (χ4v) is 3.63. The molecular weight excluding hydrogens is 340 g/mol. The summed E-state index contributed by atoms with van der Waals surface area (Å²) in [6.45, 7) is 2.45. The largest absolute Gasteiger partial charge is 0.380 e. The van der Waals surface area contributed by atoms with Crippen molar-refractivity contribution in [2.45, 2.75) is 44.6 Å². The molecule has 0 saturated carbocycles. The van der Waals surface area contributed by atoms with Crippen LogP contribution in [0.2, 0.25) is 0 Å². The molecule has 2 fully saturated rings. The van der Waals surface area contributed by atoms with Crippen LogP contribution in [0.15, 0.2) is 18.2 Å². The predicted octanol–water partition coefficient (Wildman–Crippen LogP) is 2.77. The highest BCUT2D eigenvalue weighted by Crippen LogP contribution is 2.19. The summed E-state index contributed by atoms with van der Waals surface area (Å²) in [6.07, 6.45) is 4.58. The Balaban J connectivity index is 1.49. The first-order valence-electron chi connectivity index (χ1n) is 9.30. The Bertz CT molecular complexity index is 668. The number of carbonyl (C=O) groups is 2. The minimum Gasteiger partial charge on any atom is -0.380 e. The van der Waals surface area contributed by atoms with Gasteiger partial charge in [-0.25, -0.2) is 8.78 Å². The number of nitrogens with zero attached hydrogens (tertiary/aromatic N) is 2. The van der Waals surface area contributed by atoms with Crippen molar-refractivity contribution in [1.82, 2.24) is 9.80 Å². The van der Waals surface area contributed by atoms with Gasteiger partial charge in [-0.2, -0.15) is 0 Å². The quantitative estimate of drug-likeness (QED) is 0.873. The van der Waals surface area contributed by atoms with Crippen LogP contribution in [-0.4, -0.2) is 53.8 Å². The number of rotatable bonds is 5. The SMILES string of the molecule is O=C1CCCCN1CCC(=O)N1CCC[C@@H](Nc2ccc(F)c(F)c2)C1. The lowest BCUT2D eigenvalue weighted by molar-refractivity contribution is -0.136. The van der Waals surface area contributed by atoms with Crippen LogP contribution >= 0.6 is 0 Å². The summed E-state index contributed by atoms with van der Waals surface area (Å²) < 4.78 is 26.4. The molecule has 2 aliphatic heterocycles. The van der Waals surface area contributed by atoms with Crippen LogP contribution in [0.25, 0.3) is 0 Å². The van der Waals surface area contributed by atoms with E-state index in [1.165, 1.54) is 6.07 Å². The fourth-order valence-electron chi connectivity index (χ4n) is 3.63. The second kappa shape index (κ2) is 8.47. The second-order valence-corrected chi connectivity index (χ2v) is 7.04. The molecule has 2 saturated heterocycles. The molecule has 7 heteroatoms. The predicted molar refractivity (Wildman–Crippen MR) is 94.6 cm³/mol. The number of likely N-dealkylation sites (tertiary alicyclic amines) is 2. The molecule has 1 N–H and O–H groups in total. The van der Waals surface area contributed by atoms with Crippen molar-refractivity contribution in [3.05, 3.63) is 29.8 Å². The summed E-state index contributed by atoms with van der Waals surface area (Å²) in [5.74, 6) is -1.58. The monoisotopic (exact) mass is 365 g/mol. The number of hydrogen-bond donors (Lipinski definition) is 1. The average molecular weight is 365 g/mol. The number of halogens is 2. The Morgan fingerprint density at radius 3 is 2.77 bits per heavy atom. The molecule has 1 aromatic carbocycles. The zero-order valence-electron chi connectivity index (χ0n) is 14.8. The van der Waals surface area contributed by atoms with Gasteiger partial charge in [0.05, 0.1) is 0 Å². The van der Waals surface area contributed by atoms with Gasteiger partial charge in [0.15, 0.2) is 11.6 Å². The van der Waals surface area contributed by atoms with Gasteiger partial charge in [0, 0.05) is 56.8 Å². The number of anilines is 1. The first-order chi connectivity index (χ1) is 12.5. The van der Waals surface area contributed by atoms with Gasteiger partial charge in [-0.3, -0.25) is 9.59 Å². The highest BCUT2D eigenvalue weighted by atomic mass is 19.2. The van der Waals surface area contributed by atoms with Crippen molar-refractivity contribution in [1.29, 1.82) is 0 Å². The lowest BCUT2D eigenvalue weighted by Crippen LogP contribution is -2.46. The van der Waals surface area contributed by atoms with Gasteiger partial charge in [-0.1, -0.05) is 0 Å². The smallest absolute Gasteiger partial charge is 0.224 e. The molecule has 2 heterocycles. The number of carbonyl (C=O) groups excluding carboxylic acids is 2.